The van der Waals surface area contributed by atoms with Crippen molar-refractivity contribution < 1.29 is 4.85 Å². The molecule has 0 amide bonds. The average molecular weight is 111 g/mol. The Kier molecular flexibility index (Phi) is 0.997. The highest BCUT2D eigenvalue weighted by molar-refractivity contribution is 5.17. The molecule has 1 aromatic heterocycles. The van der Waals surface area contributed by atoms with Crippen LogP contribution in [0.3, 0.4) is 0 Å². The summed E-state index contributed by atoms with van der Waals surface area (Å²) in [4.78, 5) is 0.361. The summed E-state index contributed by atoms with van der Waals surface area (Å²) in [6.07, 6.45) is 1.38. The van der Waals surface area contributed by atoms with Crippen molar-refractivity contribution in [2.24, 2.45) is 0 Å². The smallest absolute Gasteiger partial charge is 0.296 e. The average Bonchev–Trinajstić information content (AvgIpc) is 1.77. The van der Waals surface area contributed by atoms with Gasteiger partial charge in [0.15, 0.2) is 0 Å². The van der Waals surface area contributed by atoms with E-state index in [1.54, 1.807) is 6.07 Å². The van der Waals surface area contributed by atoms with E-state index in [-0.39, 0.29) is 5.82 Å². The molecular weight excluding hydrogens is 106 g/mol. The summed E-state index contributed by atoms with van der Waals surface area (Å²) in [6.45, 7) is 0. The van der Waals surface area contributed by atoms with Crippen LogP contribution in [0.15, 0.2) is 18.3 Å². The molecule has 0 unspecified atom stereocenters. The van der Waals surface area contributed by atoms with Gasteiger partial charge in [-0.3, -0.25) is 5.73 Å². The zero-order chi connectivity index (χ0) is 5.98. The van der Waals surface area contributed by atoms with E-state index in [1.807, 2.05) is 0 Å². The largest absolute Gasteiger partial charge is 0.691 e. The number of hydrogen-bond acceptors (Lipinski definition) is 3. The highest BCUT2D eigenvalue weighted by Crippen LogP contribution is 1.84. The predicted octanol–water partition coefficient (Wildman–Crippen LogP) is -0.703. The first-order chi connectivity index (χ1) is 3.80. The van der Waals surface area contributed by atoms with E-state index in [9.17, 15) is 5.21 Å². The van der Waals surface area contributed by atoms with Crippen LogP contribution in [0.1, 0.15) is 0 Å². The molecule has 0 radical (unpaired) electrons. The van der Waals surface area contributed by atoms with Gasteiger partial charge in [0.2, 0.25) is 0 Å². The maximum absolute atomic E-state index is 10.3. The third kappa shape index (κ3) is 0.676. The summed E-state index contributed by atoms with van der Waals surface area (Å²) >= 11 is 0. The summed E-state index contributed by atoms with van der Waals surface area (Å²) in [5, 5.41) is 13.6. The second-order valence-corrected chi connectivity index (χ2v) is 1.32. The minimum absolute atomic E-state index is 0.118. The van der Waals surface area contributed by atoms with Gasteiger partial charge in [-0.05, 0) is 6.07 Å². The Morgan fingerprint density at radius 1 is 1.75 bits per heavy atom. The van der Waals surface area contributed by atoms with Crippen LogP contribution >= 0.6 is 0 Å². The highest BCUT2D eigenvalue weighted by atomic mass is 16.5. The molecule has 0 fully saturated rings. The first-order valence-corrected chi connectivity index (χ1v) is 2.11. The summed E-state index contributed by atoms with van der Waals surface area (Å²) in [5.74, 6) is 0.118. The predicted molar refractivity (Wildman–Crippen MR) is 27.6 cm³/mol. The standard InChI is InChI=1S/C4H5N3O/c5-4-2-1-3-6-7(4)8/h1-3H,5H2. The van der Waals surface area contributed by atoms with Crippen LogP contribution in [-0.4, -0.2) is 5.10 Å². The molecule has 2 N–H and O–H groups in total. The van der Waals surface area contributed by atoms with Crippen LogP contribution in [0, 0.1) is 5.21 Å². The van der Waals surface area contributed by atoms with Crippen molar-refractivity contribution >= 4 is 5.82 Å². The van der Waals surface area contributed by atoms with E-state index >= 15 is 0 Å². The number of nitrogens with two attached hydrogens (primary N) is 1. The van der Waals surface area contributed by atoms with Crippen LogP contribution in [0.4, 0.5) is 5.82 Å². The van der Waals surface area contributed by atoms with Crippen molar-refractivity contribution in [2.45, 2.75) is 0 Å². The van der Waals surface area contributed by atoms with E-state index in [0.29, 0.717) is 4.85 Å². The van der Waals surface area contributed by atoms with Gasteiger partial charge in [-0.25, -0.2) is 0 Å². The molecule has 0 saturated heterocycles. The van der Waals surface area contributed by atoms with Crippen molar-refractivity contribution in [3.63, 3.8) is 0 Å². The molecule has 1 heterocycles. The number of nitrogen functional groups attached to an aromatic ring is 1. The van der Waals surface area contributed by atoms with Crippen LogP contribution < -0.4 is 10.6 Å². The number of hydrogen-bond donors (Lipinski definition) is 1. The van der Waals surface area contributed by atoms with Gasteiger partial charge < -0.3 is 5.21 Å². The summed E-state index contributed by atoms with van der Waals surface area (Å²) in [5.41, 5.74) is 5.11. The van der Waals surface area contributed by atoms with Gasteiger partial charge >= 0.3 is 0 Å². The Morgan fingerprint density at radius 2 is 2.50 bits per heavy atom. The van der Waals surface area contributed by atoms with E-state index in [1.165, 1.54) is 12.3 Å². The van der Waals surface area contributed by atoms with Gasteiger partial charge in [-0.2, -0.15) is 0 Å². The molecule has 1 rings (SSSR count). The molecule has 42 valence electrons. The number of rotatable bonds is 0. The van der Waals surface area contributed by atoms with Gasteiger partial charge in [-0.15, -0.1) is 4.85 Å². The van der Waals surface area contributed by atoms with Gasteiger partial charge in [0, 0.05) is 6.07 Å². The van der Waals surface area contributed by atoms with Gasteiger partial charge in [0.25, 0.3) is 5.82 Å². The molecule has 0 aromatic carbocycles. The van der Waals surface area contributed by atoms with Gasteiger partial charge in [0.05, 0.1) is 6.20 Å². The van der Waals surface area contributed by atoms with E-state index < -0.39 is 0 Å². The molecule has 0 aliphatic heterocycles. The molecule has 4 nitrogen and oxygen atoms in total. The fourth-order valence-electron chi connectivity index (χ4n) is 0.371. The number of nitrogens with zero attached hydrogens (tertiary/aromatic N) is 2. The zero-order valence-corrected chi connectivity index (χ0v) is 4.11. The van der Waals surface area contributed by atoms with Crippen molar-refractivity contribution in [3.05, 3.63) is 23.5 Å². The zero-order valence-electron chi connectivity index (χ0n) is 4.11. The maximum Gasteiger partial charge on any atom is 0.296 e. The molecule has 0 aliphatic carbocycles. The summed E-state index contributed by atoms with van der Waals surface area (Å²) in [6, 6.07) is 3.09. The topological polar surface area (TPSA) is 65.8 Å². The molecule has 0 atom stereocenters. The Morgan fingerprint density at radius 3 is 2.88 bits per heavy atom. The van der Waals surface area contributed by atoms with Crippen molar-refractivity contribution in [1.82, 2.24) is 5.10 Å². The molecule has 0 saturated carbocycles. The Balaban J connectivity index is 3.13. The highest BCUT2D eigenvalue weighted by Gasteiger charge is 1.89. The molecule has 1 aromatic rings. The van der Waals surface area contributed by atoms with Crippen LogP contribution in [0.5, 0.6) is 0 Å². The first kappa shape index (κ1) is 4.83. The van der Waals surface area contributed by atoms with Crippen LogP contribution in [-0.2, 0) is 0 Å². The molecule has 0 aliphatic rings. The van der Waals surface area contributed by atoms with Gasteiger partial charge in [0.1, 0.15) is 0 Å². The van der Waals surface area contributed by atoms with Crippen molar-refractivity contribution in [2.75, 3.05) is 5.73 Å². The molecular formula is C4H5N3O. The Labute approximate surface area is 46.1 Å². The first-order valence-electron chi connectivity index (χ1n) is 2.11. The lowest BCUT2D eigenvalue weighted by atomic mass is 10.5. The van der Waals surface area contributed by atoms with E-state index in [4.69, 9.17) is 5.73 Å². The number of anilines is 1. The maximum atomic E-state index is 10.3. The monoisotopic (exact) mass is 111 g/mol. The lowest BCUT2D eigenvalue weighted by Crippen LogP contribution is -2.33. The quantitative estimate of drug-likeness (QED) is 0.355. The Hall–Kier alpha value is -1.32. The fourth-order valence-corrected chi connectivity index (χ4v) is 0.371. The molecule has 4 heteroatoms. The fraction of sp³-hybridized carbons (Fsp3) is 0. The summed E-state index contributed by atoms with van der Waals surface area (Å²) < 4.78 is 0. The van der Waals surface area contributed by atoms with E-state index in [2.05, 4.69) is 5.10 Å². The SMILES string of the molecule is Nc1cccn[n+]1[O-]. The normalized spacial score (nSPS) is 9.00. The molecule has 0 bridgehead atoms. The lowest BCUT2D eigenvalue weighted by molar-refractivity contribution is -0.654. The molecule has 0 spiro atoms. The van der Waals surface area contributed by atoms with Crippen molar-refractivity contribution in [3.8, 4) is 0 Å². The van der Waals surface area contributed by atoms with Crippen LogP contribution in [0.25, 0.3) is 0 Å². The Bertz CT molecular complexity index is 167. The molecule has 8 heavy (non-hydrogen) atoms. The third-order valence-corrected chi connectivity index (χ3v) is 0.745. The lowest BCUT2D eigenvalue weighted by Gasteiger charge is -1.97. The minimum atomic E-state index is 0.118. The third-order valence-electron chi connectivity index (χ3n) is 0.745. The van der Waals surface area contributed by atoms with Gasteiger partial charge in [-0.1, -0.05) is 5.10 Å². The summed E-state index contributed by atoms with van der Waals surface area (Å²) in [7, 11) is 0. The second kappa shape index (κ2) is 1.65. The van der Waals surface area contributed by atoms with Crippen molar-refractivity contribution in [1.29, 1.82) is 0 Å². The second-order valence-electron chi connectivity index (χ2n) is 1.32. The van der Waals surface area contributed by atoms with Crippen LogP contribution in [0.2, 0.25) is 0 Å². The van der Waals surface area contributed by atoms with E-state index in [0.717, 1.165) is 0 Å². The minimum Gasteiger partial charge on any atom is -0.691 e. The number of aromatic nitrogens is 2.